The van der Waals surface area contributed by atoms with Gasteiger partial charge >= 0.3 is 0 Å². The van der Waals surface area contributed by atoms with E-state index >= 15 is 0 Å². The smallest absolute Gasteiger partial charge is 0.162 e. The maximum atomic E-state index is 13.4. The summed E-state index contributed by atoms with van der Waals surface area (Å²) in [5.74, 6) is 0.383. The van der Waals surface area contributed by atoms with Gasteiger partial charge in [0.25, 0.3) is 0 Å². The molecule has 0 unspecified atom stereocenters. The van der Waals surface area contributed by atoms with E-state index in [0.717, 1.165) is 4.47 Å². The highest BCUT2D eigenvalue weighted by Crippen LogP contribution is 2.22. The molecule has 1 N–H and O–H groups in total. The zero-order chi connectivity index (χ0) is 10.8. The van der Waals surface area contributed by atoms with Gasteiger partial charge in [0, 0.05) is 13.2 Å². The second-order valence-electron chi connectivity index (χ2n) is 2.97. The van der Waals surface area contributed by atoms with Crippen LogP contribution in [0.15, 0.2) is 34.9 Å². The first-order chi connectivity index (χ1) is 7.22. The fraction of sp³-hybridized carbons (Fsp3) is 0.100. The second-order valence-corrected chi connectivity index (χ2v) is 3.83. The highest BCUT2D eigenvalue weighted by Gasteiger charge is 2.08. The normalized spacial score (nSPS) is 10.3. The van der Waals surface area contributed by atoms with Crippen LogP contribution >= 0.6 is 15.9 Å². The van der Waals surface area contributed by atoms with Gasteiger partial charge in [-0.3, -0.25) is 0 Å². The summed E-state index contributed by atoms with van der Waals surface area (Å²) >= 11 is 3.33. The van der Waals surface area contributed by atoms with Crippen molar-refractivity contribution in [3.63, 3.8) is 0 Å². The maximum Gasteiger partial charge on any atom is 0.162 e. The van der Waals surface area contributed by atoms with Crippen molar-refractivity contribution in [1.29, 1.82) is 0 Å². The van der Waals surface area contributed by atoms with E-state index in [2.05, 4.69) is 26.3 Å². The summed E-state index contributed by atoms with van der Waals surface area (Å²) in [6.07, 6.45) is 1.71. The zero-order valence-electron chi connectivity index (χ0n) is 8.04. The molecule has 3 nitrogen and oxygen atoms in total. The Morgan fingerprint density at radius 1 is 1.40 bits per heavy atom. The molecule has 0 atom stereocenters. The third kappa shape index (κ3) is 1.87. The molecule has 2 aromatic rings. The van der Waals surface area contributed by atoms with Gasteiger partial charge in [-0.1, -0.05) is 12.1 Å². The topological polar surface area (TPSA) is 29.9 Å². The van der Waals surface area contributed by atoms with Crippen molar-refractivity contribution in [2.24, 2.45) is 0 Å². The van der Waals surface area contributed by atoms with Crippen LogP contribution in [0.25, 0.3) is 5.69 Å². The van der Waals surface area contributed by atoms with E-state index in [1.807, 2.05) is 0 Å². The summed E-state index contributed by atoms with van der Waals surface area (Å²) in [6.45, 7) is 0. The molecule has 2 rings (SSSR count). The zero-order valence-corrected chi connectivity index (χ0v) is 9.62. The van der Waals surface area contributed by atoms with E-state index in [1.54, 1.807) is 31.4 Å². The minimum absolute atomic E-state index is 0.296. The van der Waals surface area contributed by atoms with Crippen LogP contribution < -0.4 is 5.32 Å². The van der Waals surface area contributed by atoms with Gasteiger partial charge in [-0.2, -0.15) is 0 Å². The Labute approximate surface area is 95.0 Å². The summed E-state index contributed by atoms with van der Waals surface area (Å²) in [4.78, 5) is 0. The van der Waals surface area contributed by atoms with Crippen molar-refractivity contribution in [2.45, 2.75) is 0 Å². The Hall–Kier alpha value is -1.36. The highest BCUT2D eigenvalue weighted by atomic mass is 79.9. The summed E-state index contributed by atoms with van der Waals surface area (Å²) in [7, 11) is 1.76. The SMILES string of the molecule is CNc1nn(-c2ccccc2F)cc1Br. The number of para-hydroxylation sites is 1. The number of hydrogen-bond donors (Lipinski definition) is 1. The number of halogens is 2. The molecule has 0 bridgehead atoms. The number of benzene rings is 1. The first kappa shape index (κ1) is 10.2. The first-order valence-corrected chi connectivity index (χ1v) is 5.19. The molecule has 0 fully saturated rings. The maximum absolute atomic E-state index is 13.4. The van der Waals surface area contributed by atoms with Crippen molar-refractivity contribution in [3.8, 4) is 5.69 Å². The third-order valence-corrected chi connectivity index (χ3v) is 2.59. The number of hydrogen-bond acceptors (Lipinski definition) is 2. The number of anilines is 1. The molecule has 1 heterocycles. The molecule has 0 aliphatic rings. The van der Waals surface area contributed by atoms with Gasteiger partial charge in [-0.15, -0.1) is 5.10 Å². The van der Waals surface area contributed by atoms with Crippen LogP contribution in [0.4, 0.5) is 10.2 Å². The van der Waals surface area contributed by atoms with Gasteiger partial charge in [0.05, 0.1) is 4.47 Å². The van der Waals surface area contributed by atoms with E-state index in [4.69, 9.17) is 0 Å². The minimum atomic E-state index is -0.296. The van der Waals surface area contributed by atoms with Crippen molar-refractivity contribution in [2.75, 3.05) is 12.4 Å². The van der Waals surface area contributed by atoms with Crippen LogP contribution in [0.5, 0.6) is 0 Å². The average Bonchev–Trinajstić information content (AvgIpc) is 2.60. The van der Waals surface area contributed by atoms with Gasteiger partial charge in [0.15, 0.2) is 5.82 Å². The monoisotopic (exact) mass is 269 g/mol. The van der Waals surface area contributed by atoms with Gasteiger partial charge < -0.3 is 5.32 Å². The van der Waals surface area contributed by atoms with E-state index in [0.29, 0.717) is 11.5 Å². The second kappa shape index (κ2) is 4.02. The number of nitrogens with zero attached hydrogens (tertiary/aromatic N) is 2. The van der Waals surface area contributed by atoms with Crippen LogP contribution in [0.2, 0.25) is 0 Å². The lowest BCUT2D eigenvalue weighted by Crippen LogP contribution is -1.99. The Morgan fingerprint density at radius 2 is 2.13 bits per heavy atom. The lowest BCUT2D eigenvalue weighted by Gasteiger charge is -2.01. The predicted octanol–water partition coefficient (Wildman–Crippen LogP) is 2.82. The van der Waals surface area contributed by atoms with Crippen LogP contribution in [0.1, 0.15) is 0 Å². The highest BCUT2D eigenvalue weighted by molar-refractivity contribution is 9.10. The number of nitrogens with one attached hydrogen (secondary N) is 1. The van der Waals surface area contributed by atoms with E-state index in [9.17, 15) is 4.39 Å². The number of rotatable bonds is 2. The molecule has 78 valence electrons. The molecule has 0 amide bonds. The largest absolute Gasteiger partial charge is 0.371 e. The summed E-state index contributed by atoms with van der Waals surface area (Å²) in [5, 5.41) is 7.08. The molecule has 15 heavy (non-hydrogen) atoms. The molecule has 5 heteroatoms. The van der Waals surface area contributed by atoms with Crippen LogP contribution in [0, 0.1) is 5.82 Å². The molecule has 0 aliphatic heterocycles. The summed E-state index contributed by atoms with van der Waals surface area (Å²) in [5.41, 5.74) is 0.430. The standard InChI is InChI=1S/C10H9BrFN3/c1-13-10-7(11)6-15(14-10)9-5-3-2-4-8(9)12/h2-6H,1H3,(H,13,14). The number of aromatic nitrogens is 2. The Bertz CT molecular complexity index is 481. The van der Waals surface area contributed by atoms with E-state index in [-0.39, 0.29) is 5.82 Å². The molecule has 0 saturated heterocycles. The third-order valence-electron chi connectivity index (χ3n) is 2.01. The Kier molecular flexibility index (Phi) is 2.73. The molecule has 0 radical (unpaired) electrons. The van der Waals surface area contributed by atoms with Crippen molar-refractivity contribution >= 4 is 21.7 Å². The van der Waals surface area contributed by atoms with Crippen molar-refractivity contribution < 1.29 is 4.39 Å². The first-order valence-electron chi connectivity index (χ1n) is 4.40. The van der Waals surface area contributed by atoms with E-state index in [1.165, 1.54) is 10.7 Å². The molecule has 0 spiro atoms. The van der Waals surface area contributed by atoms with Crippen LogP contribution in [-0.2, 0) is 0 Å². The minimum Gasteiger partial charge on any atom is -0.371 e. The average molecular weight is 270 g/mol. The quantitative estimate of drug-likeness (QED) is 0.909. The fourth-order valence-corrected chi connectivity index (χ4v) is 1.75. The Balaban J connectivity index is 2.50. The van der Waals surface area contributed by atoms with Gasteiger partial charge in [-0.05, 0) is 28.1 Å². The van der Waals surface area contributed by atoms with Gasteiger partial charge in [0.2, 0.25) is 0 Å². The van der Waals surface area contributed by atoms with Crippen LogP contribution in [-0.4, -0.2) is 16.8 Å². The molecular weight excluding hydrogens is 261 g/mol. The van der Waals surface area contributed by atoms with Gasteiger partial charge in [0.1, 0.15) is 11.5 Å². The predicted molar refractivity (Wildman–Crippen MR) is 60.8 cm³/mol. The fourth-order valence-electron chi connectivity index (χ4n) is 1.28. The summed E-state index contributed by atoms with van der Waals surface area (Å²) < 4.78 is 15.7. The molecule has 1 aromatic carbocycles. The molecule has 1 aromatic heterocycles. The summed E-state index contributed by atoms with van der Waals surface area (Å²) in [6, 6.07) is 6.50. The van der Waals surface area contributed by atoms with E-state index < -0.39 is 0 Å². The van der Waals surface area contributed by atoms with Crippen molar-refractivity contribution in [3.05, 3.63) is 40.8 Å². The lowest BCUT2D eigenvalue weighted by atomic mass is 10.3. The molecule has 0 saturated carbocycles. The van der Waals surface area contributed by atoms with Crippen LogP contribution in [0.3, 0.4) is 0 Å². The lowest BCUT2D eigenvalue weighted by molar-refractivity contribution is 0.611. The molecule has 0 aliphatic carbocycles. The van der Waals surface area contributed by atoms with Gasteiger partial charge in [-0.25, -0.2) is 9.07 Å². The Morgan fingerprint density at radius 3 is 2.73 bits per heavy atom. The molecular formula is C10H9BrFN3. The van der Waals surface area contributed by atoms with Crippen molar-refractivity contribution in [1.82, 2.24) is 9.78 Å².